The molecule has 2 aromatic carbocycles. The Hall–Kier alpha value is -2.87. The van der Waals surface area contributed by atoms with Crippen LogP contribution in [0.3, 0.4) is 0 Å². The summed E-state index contributed by atoms with van der Waals surface area (Å²) >= 11 is 13.2. The lowest BCUT2D eigenvalue weighted by Crippen LogP contribution is -2.14. The summed E-state index contributed by atoms with van der Waals surface area (Å²) in [4.78, 5) is 16.6. The molecule has 1 amide bonds. The number of hydrogen-bond donors (Lipinski definition) is 1. The molecule has 6 nitrogen and oxygen atoms in total. The van der Waals surface area contributed by atoms with Crippen molar-refractivity contribution in [3.63, 3.8) is 0 Å². The summed E-state index contributed by atoms with van der Waals surface area (Å²) in [6, 6.07) is 18.0. The van der Waals surface area contributed by atoms with E-state index in [1.807, 2.05) is 28.8 Å². The van der Waals surface area contributed by atoms with E-state index in [4.69, 9.17) is 23.2 Å². The van der Waals surface area contributed by atoms with Crippen LogP contribution in [-0.2, 0) is 4.79 Å². The number of hydrogen-bond acceptors (Lipinski definition) is 5. The van der Waals surface area contributed by atoms with E-state index in [1.165, 1.54) is 11.8 Å². The number of anilines is 1. The third-order valence-electron chi connectivity index (χ3n) is 4.10. The zero-order valence-electron chi connectivity index (χ0n) is 15.5. The van der Waals surface area contributed by atoms with Gasteiger partial charge in [0.2, 0.25) is 5.91 Å². The normalized spacial score (nSPS) is 10.7. The molecule has 4 rings (SSSR count). The number of nitrogens with one attached hydrogen (secondary N) is 1. The topological polar surface area (TPSA) is 72.7 Å². The Balaban J connectivity index is 1.58. The first-order valence-electron chi connectivity index (χ1n) is 8.90. The number of thioether (sulfide) groups is 1. The van der Waals surface area contributed by atoms with E-state index >= 15 is 0 Å². The lowest BCUT2D eigenvalue weighted by Gasteiger charge is -2.10. The van der Waals surface area contributed by atoms with Gasteiger partial charge in [-0.25, -0.2) is 0 Å². The fraction of sp³-hybridized carbons (Fsp3) is 0.0476. The van der Waals surface area contributed by atoms with E-state index in [-0.39, 0.29) is 11.7 Å². The Bertz CT molecular complexity index is 1150. The second kappa shape index (κ2) is 9.30. The highest BCUT2D eigenvalue weighted by Gasteiger charge is 2.17. The molecule has 0 radical (unpaired) electrons. The molecule has 9 heteroatoms. The predicted molar refractivity (Wildman–Crippen MR) is 120 cm³/mol. The number of aromatic nitrogens is 4. The number of nitrogens with zero attached hydrogens (tertiary/aromatic N) is 4. The molecule has 1 N–H and O–H groups in total. The standard InChI is InChI=1S/C21H15Cl2N5OS/c22-15-3-7-17(8-4-15)25-19(29)13-30-21-27-26-20(14-2-1-11-24-12-14)28(21)18-9-5-16(23)6-10-18/h1-12H,13H2,(H,25,29). The summed E-state index contributed by atoms with van der Waals surface area (Å²) in [5, 5.41) is 13.3. The zero-order valence-corrected chi connectivity index (χ0v) is 17.8. The average molecular weight is 456 g/mol. The fourth-order valence-electron chi connectivity index (χ4n) is 2.73. The highest BCUT2D eigenvalue weighted by Crippen LogP contribution is 2.28. The lowest BCUT2D eigenvalue weighted by molar-refractivity contribution is -0.113. The van der Waals surface area contributed by atoms with Gasteiger partial charge in [0.1, 0.15) is 0 Å². The van der Waals surface area contributed by atoms with Crippen LogP contribution >= 0.6 is 35.0 Å². The highest BCUT2D eigenvalue weighted by atomic mass is 35.5. The van der Waals surface area contributed by atoms with Crippen LogP contribution in [0, 0.1) is 0 Å². The van der Waals surface area contributed by atoms with E-state index in [9.17, 15) is 4.79 Å². The van der Waals surface area contributed by atoms with Crippen LogP contribution in [0.4, 0.5) is 5.69 Å². The van der Waals surface area contributed by atoms with Gasteiger partial charge in [0, 0.05) is 39.4 Å². The summed E-state index contributed by atoms with van der Waals surface area (Å²) in [5.41, 5.74) is 2.33. The van der Waals surface area contributed by atoms with Crippen LogP contribution in [0.1, 0.15) is 0 Å². The molecule has 0 aliphatic heterocycles. The number of pyridine rings is 1. The summed E-state index contributed by atoms with van der Waals surface area (Å²) in [5.74, 6) is 0.642. The van der Waals surface area contributed by atoms with E-state index in [0.29, 0.717) is 26.7 Å². The molecule has 0 aliphatic carbocycles. The first kappa shape index (κ1) is 20.4. The van der Waals surface area contributed by atoms with Crippen LogP contribution in [0.2, 0.25) is 10.0 Å². The first-order valence-corrected chi connectivity index (χ1v) is 10.6. The molecule has 0 saturated carbocycles. The predicted octanol–water partition coefficient (Wildman–Crippen LogP) is 5.37. The van der Waals surface area contributed by atoms with Crippen molar-refractivity contribution in [1.29, 1.82) is 0 Å². The maximum absolute atomic E-state index is 12.4. The van der Waals surface area contributed by atoms with Crippen molar-refractivity contribution in [2.75, 3.05) is 11.1 Å². The molecule has 0 aliphatic rings. The minimum absolute atomic E-state index is 0.157. The second-order valence-electron chi connectivity index (χ2n) is 6.20. The minimum atomic E-state index is -0.157. The van der Waals surface area contributed by atoms with E-state index in [0.717, 1.165) is 11.3 Å². The van der Waals surface area contributed by atoms with Crippen LogP contribution < -0.4 is 5.32 Å². The van der Waals surface area contributed by atoms with Gasteiger partial charge in [0.25, 0.3) is 0 Å². The zero-order chi connectivity index (χ0) is 20.9. The summed E-state index contributed by atoms with van der Waals surface area (Å²) in [7, 11) is 0. The van der Waals surface area contributed by atoms with Crippen molar-refractivity contribution in [1.82, 2.24) is 19.7 Å². The van der Waals surface area contributed by atoms with Gasteiger partial charge in [-0.3, -0.25) is 14.3 Å². The smallest absolute Gasteiger partial charge is 0.234 e. The molecular weight excluding hydrogens is 441 g/mol. The third-order valence-corrected chi connectivity index (χ3v) is 5.53. The summed E-state index contributed by atoms with van der Waals surface area (Å²) < 4.78 is 1.88. The fourth-order valence-corrected chi connectivity index (χ4v) is 3.73. The van der Waals surface area contributed by atoms with E-state index < -0.39 is 0 Å². The van der Waals surface area contributed by atoms with E-state index in [2.05, 4.69) is 20.5 Å². The molecule has 0 atom stereocenters. The molecular formula is C21H15Cl2N5OS. The SMILES string of the molecule is O=C(CSc1nnc(-c2cccnc2)n1-c1ccc(Cl)cc1)Nc1ccc(Cl)cc1. The minimum Gasteiger partial charge on any atom is -0.325 e. The van der Waals surface area contributed by atoms with Crippen molar-refractivity contribution < 1.29 is 4.79 Å². The summed E-state index contributed by atoms with van der Waals surface area (Å²) in [6.45, 7) is 0. The van der Waals surface area contributed by atoms with Gasteiger partial charge >= 0.3 is 0 Å². The van der Waals surface area contributed by atoms with Gasteiger partial charge < -0.3 is 5.32 Å². The monoisotopic (exact) mass is 455 g/mol. The van der Waals surface area contributed by atoms with Gasteiger partial charge in [-0.05, 0) is 60.7 Å². The van der Waals surface area contributed by atoms with Gasteiger partial charge in [0.15, 0.2) is 11.0 Å². The van der Waals surface area contributed by atoms with Crippen molar-refractivity contribution in [2.24, 2.45) is 0 Å². The molecule has 150 valence electrons. The van der Waals surface area contributed by atoms with Crippen molar-refractivity contribution in [3.8, 4) is 17.1 Å². The molecule has 0 spiro atoms. The summed E-state index contributed by atoms with van der Waals surface area (Å²) in [6.07, 6.45) is 3.42. The highest BCUT2D eigenvalue weighted by molar-refractivity contribution is 7.99. The van der Waals surface area contributed by atoms with Gasteiger partial charge in [-0.1, -0.05) is 35.0 Å². The number of amides is 1. The lowest BCUT2D eigenvalue weighted by atomic mass is 10.2. The molecule has 0 saturated heterocycles. The van der Waals surface area contributed by atoms with E-state index in [1.54, 1.807) is 48.8 Å². The maximum atomic E-state index is 12.4. The number of rotatable bonds is 6. The Morgan fingerprint density at radius 3 is 2.33 bits per heavy atom. The van der Waals surface area contributed by atoms with Crippen molar-refractivity contribution in [3.05, 3.63) is 83.1 Å². The third kappa shape index (κ3) is 4.81. The van der Waals surface area contributed by atoms with Gasteiger partial charge in [-0.15, -0.1) is 10.2 Å². The molecule has 4 aromatic rings. The number of halogens is 2. The Morgan fingerprint density at radius 2 is 1.67 bits per heavy atom. The Morgan fingerprint density at radius 1 is 0.967 bits per heavy atom. The maximum Gasteiger partial charge on any atom is 0.234 e. The van der Waals surface area contributed by atoms with Crippen LogP contribution in [-0.4, -0.2) is 31.4 Å². The molecule has 0 unspecified atom stereocenters. The average Bonchev–Trinajstić information content (AvgIpc) is 3.19. The van der Waals surface area contributed by atoms with Gasteiger partial charge in [-0.2, -0.15) is 0 Å². The van der Waals surface area contributed by atoms with Crippen LogP contribution in [0.5, 0.6) is 0 Å². The quantitative estimate of drug-likeness (QED) is 0.395. The molecule has 2 aromatic heterocycles. The van der Waals surface area contributed by atoms with Crippen molar-refractivity contribution in [2.45, 2.75) is 5.16 Å². The molecule has 0 fully saturated rings. The second-order valence-corrected chi connectivity index (χ2v) is 8.02. The number of benzene rings is 2. The van der Waals surface area contributed by atoms with Crippen LogP contribution in [0.25, 0.3) is 17.1 Å². The van der Waals surface area contributed by atoms with Crippen LogP contribution in [0.15, 0.2) is 78.2 Å². The number of carbonyl (C=O) groups is 1. The first-order chi connectivity index (χ1) is 14.6. The Labute approximate surface area is 187 Å². The molecule has 0 bridgehead atoms. The van der Waals surface area contributed by atoms with Crippen molar-refractivity contribution >= 4 is 46.6 Å². The molecule has 2 heterocycles. The largest absolute Gasteiger partial charge is 0.325 e. The van der Waals surface area contributed by atoms with Gasteiger partial charge in [0.05, 0.1) is 5.75 Å². The molecule has 30 heavy (non-hydrogen) atoms. The Kier molecular flexibility index (Phi) is 6.32. The number of carbonyl (C=O) groups excluding carboxylic acids is 1.